The second-order valence-corrected chi connectivity index (χ2v) is 7.88. The molecule has 1 saturated heterocycles. The van der Waals surface area contributed by atoms with Gasteiger partial charge in [0.05, 0.1) is 12.1 Å². The molecule has 2 atom stereocenters. The SMILES string of the molecule is Cc1nn(CC(C)C)c(C)c1CC(=O)N1C[C@@H](N)[C@H](c2ccccc2)C1. The van der Waals surface area contributed by atoms with Crippen LogP contribution in [-0.4, -0.2) is 39.7 Å². The predicted molar refractivity (Wildman–Crippen MR) is 104 cm³/mol. The molecule has 5 nitrogen and oxygen atoms in total. The Kier molecular flexibility index (Phi) is 5.47. The fourth-order valence-electron chi connectivity index (χ4n) is 3.86. The summed E-state index contributed by atoms with van der Waals surface area (Å²) in [5, 5.41) is 4.63. The van der Waals surface area contributed by atoms with E-state index in [1.54, 1.807) is 0 Å². The number of hydrogen-bond donors (Lipinski definition) is 1. The van der Waals surface area contributed by atoms with E-state index in [1.165, 1.54) is 5.56 Å². The maximum atomic E-state index is 12.9. The van der Waals surface area contributed by atoms with Crippen LogP contribution in [-0.2, 0) is 17.8 Å². The number of nitrogens with zero attached hydrogens (tertiary/aromatic N) is 3. The fourth-order valence-corrected chi connectivity index (χ4v) is 3.86. The maximum absolute atomic E-state index is 12.9. The van der Waals surface area contributed by atoms with Crippen LogP contribution in [0.25, 0.3) is 0 Å². The van der Waals surface area contributed by atoms with Crippen molar-refractivity contribution in [3.05, 3.63) is 52.8 Å². The van der Waals surface area contributed by atoms with Crippen LogP contribution < -0.4 is 5.73 Å². The molecule has 1 aromatic heterocycles. The number of carbonyl (C=O) groups is 1. The largest absolute Gasteiger partial charge is 0.340 e. The van der Waals surface area contributed by atoms with Gasteiger partial charge in [0.2, 0.25) is 5.91 Å². The van der Waals surface area contributed by atoms with Crippen molar-refractivity contribution in [1.82, 2.24) is 14.7 Å². The van der Waals surface area contributed by atoms with E-state index in [2.05, 4.69) is 38.0 Å². The molecule has 0 unspecified atom stereocenters. The molecule has 0 bridgehead atoms. The van der Waals surface area contributed by atoms with Gasteiger partial charge in [0, 0.05) is 42.9 Å². The highest BCUT2D eigenvalue weighted by atomic mass is 16.2. The number of nitrogens with two attached hydrogens (primary N) is 1. The van der Waals surface area contributed by atoms with Gasteiger partial charge in [-0.3, -0.25) is 9.48 Å². The lowest BCUT2D eigenvalue weighted by Gasteiger charge is -2.17. The summed E-state index contributed by atoms with van der Waals surface area (Å²) in [6.45, 7) is 10.6. The minimum Gasteiger partial charge on any atom is -0.340 e. The monoisotopic (exact) mass is 354 g/mol. The van der Waals surface area contributed by atoms with Gasteiger partial charge in [0.1, 0.15) is 0 Å². The Hall–Kier alpha value is -2.14. The van der Waals surface area contributed by atoms with Gasteiger partial charge in [-0.05, 0) is 25.3 Å². The van der Waals surface area contributed by atoms with Gasteiger partial charge >= 0.3 is 0 Å². The van der Waals surface area contributed by atoms with E-state index < -0.39 is 0 Å². The summed E-state index contributed by atoms with van der Waals surface area (Å²) in [4.78, 5) is 14.8. The van der Waals surface area contributed by atoms with Crippen molar-refractivity contribution in [3.8, 4) is 0 Å². The Morgan fingerprint density at radius 2 is 1.92 bits per heavy atom. The van der Waals surface area contributed by atoms with Crippen molar-refractivity contribution >= 4 is 5.91 Å². The second kappa shape index (κ2) is 7.62. The molecule has 0 spiro atoms. The van der Waals surface area contributed by atoms with Crippen molar-refractivity contribution in [3.63, 3.8) is 0 Å². The molecule has 1 aliphatic rings. The topological polar surface area (TPSA) is 64.2 Å². The predicted octanol–water partition coefficient (Wildman–Crippen LogP) is 2.65. The van der Waals surface area contributed by atoms with E-state index >= 15 is 0 Å². The first-order chi connectivity index (χ1) is 12.4. The minimum absolute atomic E-state index is 0.00721. The molecule has 1 aliphatic heterocycles. The number of aromatic nitrogens is 2. The van der Waals surface area contributed by atoms with Crippen LogP contribution in [0.3, 0.4) is 0 Å². The number of aryl methyl sites for hydroxylation is 1. The standard InChI is InChI=1S/C21H30N4O/c1-14(2)11-25-16(4)18(15(3)23-25)10-21(26)24-12-19(20(22)13-24)17-8-6-5-7-9-17/h5-9,14,19-20H,10-13,22H2,1-4H3/t19-,20+/m0/s1. The molecule has 5 heteroatoms. The normalized spacial score (nSPS) is 20.2. The zero-order chi connectivity index (χ0) is 18.8. The molecule has 0 aliphatic carbocycles. The van der Waals surface area contributed by atoms with Gasteiger partial charge in [-0.1, -0.05) is 44.2 Å². The molecule has 2 aromatic rings. The lowest BCUT2D eigenvalue weighted by Crippen LogP contribution is -2.33. The van der Waals surface area contributed by atoms with Gasteiger partial charge in [0.15, 0.2) is 0 Å². The molecule has 2 N–H and O–H groups in total. The van der Waals surface area contributed by atoms with Crippen LogP contribution in [0.1, 0.15) is 42.3 Å². The lowest BCUT2D eigenvalue weighted by molar-refractivity contribution is -0.129. The summed E-state index contributed by atoms with van der Waals surface area (Å²) in [5.41, 5.74) is 10.7. The fraction of sp³-hybridized carbons (Fsp3) is 0.524. The van der Waals surface area contributed by atoms with Gasteiger partial charge in [-0.25, -0.2) is 0 Å². The van der Waals surface area contributed by atoms with Gasteiger partial charge in [0.25, 0.3) is 0 Å². The van der Waals surface area contributed by atoms with Crippen LogP contribution in [0.15, 0.2) is 30.3 Å². The third-order valence-electron chi connectivity index (χ3n) is 5.34. The molecule has 2 heterocycles. The van der Waals surface area contributed by atoms with E-state index in [1.807, 2.05) is 34.7 Å². The average Bonchev–Trinajstić information content (AvgIpc) is 3.11. The quantitative estimate of drug-likeness (QED) is 0.898. The average molecular weight is 354 g/mol. The zero-order valence-electron chi connectivity index (χ0n) is 16.3. The summed E-state index contributed by atoms with van der Waals surface area (Å²) >= 11 is 0. The Balaban J connectivity index is 1.70. The number of hydrogen-bond acceptors (Lipinski definition) is 3. The lowest BCUT2D eigenvalue weighted by atomic mass is 9.95. The van der Waals surface area contributed by atoms with Gasteiger partial charge in [-0.15, -0.1) is 0 Å². The van der Waals surface area contributed by atoms with E-state index in [4.69, 9.17) is 5.73 Å². The molecule has 1 fully saturated rings. The Bertz CT molecular complexity index is 766. The van der Waals surface area contributed by atoms with E-state index in [9.17, 15) is 4.79 Å². The van der Waals surface area contributed by atoms with E-state index in [0.717, 1.165) is 23.5 Å². The van der Waals surface area contributed by atoms with Crippen molar-refractivity contribution in [2.45, 2.75) is 52.6 Å². The highest BCUT2D eigenvalue weighted by Gasteiger charge is 2.34. The molecule has 0 radical (unpaired) electrons. The zero-order valence-corrected chi connectivity index (χ0v) is 16.3. The Morgan fingerprint density at radius 1 is 1.23 bits per heavy atom. The third kappa shape index (κ3) is 3.83. The number of benzene rings is 1. The molecule has 1 amide bonds. The van der Waals surface area contributed by atoms with E-state index in [0.29, 0.717) is 25.4 Å². The van der Waals surface area contributed by atoms with Crippen LogP contribution in [0.2, 0.25) is 0 Å². The first-order valence-electron chi connectivity index (χ1n) is 9.48. The number of likely N-dealkylation sites (tertiary alicyclic amines) is 1. The van der Waals surface area contributed by atoms with Crippen molar-refractivity contribution in [2.75, 3.05) is 13.1 Å². The van der Waals surface area contributed by atoms with Gasteiger partial charge < -0.3 is 10.6 Å². The summed E-state index contributed by atoms with van der Waals surface area (Å²) in [7, 11) is 0. The number of rotatable bonds is 5. The third-order valence-corrected chi connectivity index (χ3v) is 5.34. The first kappa shape index (κ1) is 18.6. The summed E-state index contributed by atoms with van der Waals surface area (Å²) in [6, 6.07) is 10.3. The summed E-state index contributed by atoms with van der Waals surface area (Å²) < 4.78 is 2.03. The van der Waals surface area contributed by atoms with Gasteiger partial charge in [-0.2, -0.15) is 5.10 Å². The van der Waals surface area contributed by atoms with E-state index in [-0.39, 0.29) is 17.9 Å². The minimum atomic E-state index is -0.00721. The number of carbonyl (C=O) groups excluding carboxylic acids is 1. The van der Waals surface area contributed by atoms with Crippen molar-refractivity contribution < 1.29 is 4.79 Å². The smallest absolute Gasteiger partial charge is 0.227 e. The molecular formula is C21H30N4O. The molecule has 1 aromatic carbocycles. The molecule has 3 rings (SSSR count). The number of amides is 1. The van der Waals surface area contributed by atoms with Crippen LogP contribution in [0, 0.1) is 19.8 Å². The van der Waals surface area contributed by atoms with Crippen molar-refractivity contribution in [2.24, 2.45) is 11.7 Å². The highest BCUT2D eigenvalue weighted by Crippen LogP contribution is 2.27. The molecule has 140 valence electrons. The highest BCUT2D eigenvalue weighted by molar-refractivity contribution is 5.80. The molecule has 0 saturated carbocycles. The van der Waals surface area contributed by atoms with Crippen LogP contribution in [0.5, 0.6) is 0 Å². The molecular weight excluding hydrogens is 324 g/mol. The molecule has 26 heavy (non-hydrogen) atoms. The second-order valence-electron chi connectivity index (χ2n) is 7.88. The summed E-state index contributed by atoms with van der Waals surface area (Å²) in [5.74, 6) is 0.889. The maximum Gasteiger partial charge on any atom is 0.227 e. The van der Waals surface area contributed by atoms with Crippen LogP contribution in [0.4, 0.5) is 0 Å². The van der Waals surface area contributed by atoms with Crippen molar-refractivity contribution in [1.29, 1.82) is 0 Å². The first-order valence-corrected chi connectivity index (χ1v) is 9.48. The van der Waals surface area contributed by atoms with Crippen LogP contribution >= 0.6 is 0 Å². The Labute approximate surface area is 156 Å². The Morgan fingerprint density at radius 3 is 2.58 bits per heavy atom. The summed E-state index contributed by atoms with van der Waals surface area (Å²) in [6.07, 6.45) is 0.407.